The zero-order valence-corrected chi connectivity index (χ0v) is 14.3. The summed E-state index contributed by atoms with van der Waals surface area (Å²) in [6.07, 6.45) is 1.53. The van der Waals surface area contributed by atoms with Crippen LogP contribution in [0.1, 0.15) is 12.5 Å². The Kier molecular flexibility index (Phi) is 4.99. The van der Waals surface area contributed by atoms with Gasteiger partial charge < -0.3 is 14.8 Å². The summed E-state index contributed by atoms with van der Waals surface area (Å²) in [5.74, 6) is 0.00809. The summed E-state index contributed by atoms with van der Waals surface area (Å²) in [5.41, 5.74) is -0.926. The number of aliphatic hydroxyl groups is 1. The van der Waals surface area contributed by atoms with Crippen molar-refractivity contribution >= 4 is 5.91 Å². The summed E-state index contributed by atoms with van der Waals surface area (Å²) in [7, 11) is 0. The molecular formula is C19H19N3O4. The van der Waals surface area contributed by atoms with Crippen molar-refractivity contribution in [2.24, 2.45) is 0 Å². The maximum Gasteiger partial charge on any atom is 0.266 e. The second kappa shape index (κ2) is 7.37. The molecule has 0 aliphatic carbocycles. The summed E-state index contributed by atoms with van der Waals surface area (Å²) in [6, 6.07) is 15.1. The van der Waals surface area contributed by atoms with Crippen molar-refractivity contribution in [3.8, 4) is 11.5 Å². The highest BCUT2D eigenvalue weighted by Crippen LogP contribution is 2.20. The topological polar surface area (TPSA) is 97.4 Å². The molecule has 2 aromatic heterocycles. The number of hydrogen-bond acceptors (Lipinski definition) is 5. The molecule has 26 heavy (non-hydrogen) atoms. The lowest BCUT2D eigenvalue weighted by Gasteiger charge is -2.22. The lowest BCUT2D eigenvalue weighted by molar-refractivity contribution is -0.139. The molecular weight excluding hydrogens is 334 g/mol. The highest BCUT2D eigenvalue weighted by molar-refractivity contribution is 5.85. The van der Waals surface area contributed by atoms with E-state index in [0.29, 0.717) is 17.0 Å². The van der Waals surface area contributed by atoms with E-state index in [0.717, 1.165) is 0 Å². The van der Waals surface area contributed by atoms with Gasteiger partial charge in [0.2, 0.25) is 0 Å². The molecule has 2 heterocycles. The molecule has 134 valence electrons. The Bertz CT molecular complexity index is 931. The van der Waals surface area contributed by atoms with Crippen molar-refractivity contribution in [1.29, 1.82) is 0 Å². The van der Waals surface area contributed by atoms with Crippen LogP contribution < -0.4 is 10.9 Å². The van der Waals surface area contributed by atoms with Gasteiger partial charge in [-0.25, -0.2) is 4.68 Å². The van der Waals surface area contributed by atoms with Gasteiger partial charge in [-0.2, -0.15) is 5.10 Å². The van der Waals surface area contributed by atoms with Gasteiger partial charge in [0.1, 0.15) is 5.69 Å². The molecule has 3 aromatic rings. The molecule has 0 aliphatic heterocycles. The smallest absolute Gasteiger partial charge is 0.266 e. The van der Waals surface area contributed by atoms with Crippen molar-refractivity contribution in [3.05, 3.63) is 76.8 Å². The number of aromatic nitrogens is 2. The van der Waals surface area contributed by atoms with Gasteiger partial charge in [0.15, 0.2) is 11.4 Å². The van der Waals surface area contributed by atoms with E-state index in [1.54, 1.807) is 42.5 Å². The quantitative estimate of drug-likeness (QED) is 0.700. The van der Waals surface area contributed by atoms with Gasteiger partial charge in [-0.05, 0) is 30.7 Å². The summed E-state index contributed by atoms with van der Waals surface area (Å²) < 4.78 is 6.52. The average Bonchev–Trinajstić information content (AvgIpc) is 3.18. The third kappa shape index (κ3) is 3.73. The lowest BCUT2D eigenvalue weighted by Crippen LogP contribution is -2.43. The number of rotatable bonds is 6. The molecule has 1 aromatic carbocycles. The zero-order chi connectivity index (χ0) is 18.6. The molecule has 7 nitrogen and oxygen atoms in total. The second-order valence-electron chi connectivity index (χ2n) is 5.95. The van der Waals surface area contributed by atoms with E-state index in [1.165, 1.54) is 23.9 Å². The van der Waals surface area contributed by atoms with Crippen LogP contribution in [0.2, 0.25) is 0 Å². The van der Waals surface area contributed by atoms with Crippen LogP contribution >= 0.6 is 0 Å². The van der Waals surface area contributed by atoms with E-state index in [1.807, 2.05) is 6.07 Å². The summed E-state index contributed by atoms with van der Waals surface area (Å²) in [4.78, 5) is 24.3. The van der Waals surface area contributed by atoms with Crippen LogP contribution in [0.5, 0.6) is 0 Å². The number of benzene rings is 1. The molecule has 0 unspecified atom stereocenters. The van der Waals surface area contributed by atoms with Crippen LogP contribution in [0.3, 0.4) is 0 Å². The van der Waals surface area contributed by atoms with Gasteiger partial charge >= 0.3 is 0 Å². The van der Waals surface area contributed by atoms with E-state index in [-0.39, 0.29) is 18.6 Å². The van der Waals surface area contributed by atoms with Crippen LogP contribution in [-0.2, 0) is 16.9 Å². The highest BCUT2D eigenvalue weighted by atomic mass is 16.3. The van der Waals surface area contributed by atoms with Crippen molar-refractivity contribution in [3.63, 3.8) is 0 Å². The summed E-state index contributed by atoms with van der Waals surface area (Å²) in [5, 5.41) is 17.3. The van der Waals surface area contributed by atoms with Crippen molar-refractivity contribution in [1.82, 2.24) is 15.1 Å². The molecule has 2 N–H and O–H groups in total. The Labute approximate surface area is 149 Å². The first-order valence-electron chi connectivity index (χ1n) is 8.17. The third-order valence-corrected chi connectivity index (χ3v) is 4.03. The predicted octanol–water partition coefficient (Wildman–Crippen LogP) is 1.53. The maximum atomic E-state index is 12.3. The van der Waals surface area contributed by atoms with E-state index < -0.39 is 11.5 Å². The monoisotopic (exact) mass is 353 g/mol. The second-order valence-corrected chi connectivity index (χ2v) is 5.95. The minimum atomic E-state index is -1.66. The first-order chi connectivity index (χ1) is 12.5. The first-order valence-corrected chi connectivity index (χ1v) is 8.17. The number of amides is 1. The number of carbonyl (C=O) groups excluding carboxylic acids is 1. The van der Waals surface area contributed by atoms with Crippen molar-refractivity contribution < 1.29 is 14.3 Å². The molecule has 7 heteroatoms. The molecule has 0 saturated carbocycles. The standard InChI is InChI=1S/C19H19N3O4/c1-19(25,14-6-3-2-4-7-14)18(24)20-11-12-22-17(23)10-9-15(21-22)16-8-5-13-26-16/h2-10,13,25H,11-12H2,1H3,(H,20,24)/t19-/m1/s1. The number of nitrogens with zero attached hydrogens (tertiary/aromatic N) is 2. The van der Waals surface area contributed by atoms with Crippen LogP contribution in [0.4, 0.5) is 0 Å². The number of carbonyl (C=O) groups is 1. The molecule has 0 radical (unpaired) electrons. The van der Waals surface area contributed by atoms with Gasteiger partial charge in [-0.15, -0.1) is 0 Å². The molecule has 0 fully saturated rings. The average molecular weight is 353 g/mol. The third-order valence-electron chi connectivity index (χ3n) is 4.03. The van der Waals surface area contributed by atoms with E-state index in [9.17, 15) is 14.7 Å². The van der Waals surface area contributed by atoms with E-state index in [4.69, 9.17) is 4.42 Å². The normalized spacial score (nSPS) is 13.2. The summed E-state index contributed by atoms with van der Waals surface area (Å²) in [6.45, 7) is 1.75. The van der Waals surface area contributed by atoms with Crippen molar-refractivity contribution in [2.75, 3.05) is 6.54 Å². The minimum Gasteiger partial charge on any atom is -0.463 e. The molecule has 0 bridgehead atoms. The Morgan fingerprint density at radius 2 is 1.96 bits per heavy atom. The van der Waals surface area contributed by atoms with Crippen LogP contribution in [0, 0.1) is 0 Å². The lowest BCUT2D eigenvalue weighted by atomic mass is 9.95. The van der Waals surface area contributed by atoms with E-state index in [2.05, 4.69) is 10.4 Å². The Balaban J connectivity index is 1.66. The minimum absolute atomic E-state index is 0.149. The first kappa shape index (κ1) is 17.6. The SMILES string of the molecule is C[C@](O)(C(=O)NCCn1nc(-c2ccco2)ccc1=O)c1ccccc1. The fraction of sp³-hybridized carbons (Fsp3) is 0.211. The Morgan fingerprint density at radius 3 is 2.65 bits per heavy atom. The van der Waals surface area contributed by atoms with Crippen LogP contribution in [0.15, 0.2) is 70.1 Å². The molecule has 1 amide bonds. The van der Waals surface area contributed by atoms with Crippen molar-refractivity contribution in [2.45, 2.75) is 19.1 Å². The largest absolute Gasteiger partial charge is 0.463 e. The fourth-order valence-electron chi connectivity index (χ4n) is 2.51. The number of nitrogens with one attached hydrogen (secondary N) is 1. The molecule has 0 spiro atoms. The molecule has 3 rings (SSSR count). The summed E-state index contributed by atoms with van der Waals surface area (Å²) >= 11 is 0. The van der Waals surface area contributed by atoms with Crippen LogP contribution in [-0.4, -0.2) is 27.3 Å². The van der Waals surface area contributed by atoms with Gasteiger partial charge in [0, 0.05) is 12.6 Å². The number of hydrogen-bond donors (Lipinski definition) is 2. The van der Waals surface area contributed by atoms with Crippen LogP contribution in [0.25, 0.3) is 11.5 Å². The highest BCUT2D eigenvalue weighted by Gasteiger charge is 2.31. The fourth-order valence-corrected chi connectivity index (χ4v) is 2.51. The predicted molar refractivity (Wildman–Crippen MR) is 95.2 cm³/mol. The zero-order valence-electron chi connectivity index (χ0n) is 14.3. The molecule has 0 aliphatic rings. The van der Waals surface area contributed by atoms with E-state index >= 15 is 0 Å². The Hall–Kier alpha value is -3.19. The van der Waals surface area contributed by atoms with Gasteiger partial charge in [0.25, 0.3) is 11.5 Å². The number of furan rings is 1. The Morgan fingerprint density at radius 1 is 1.19 bits per heavy atom. The molecule has 0 saturated heterocycles. The van der Waals surface area contributed by atoms with Gasteiger partial charge in [-0.3, -0.25) is 9.59 Å². The molecule has 1 atom stereocenters. The van der Waals surface area contributed by atoms with Gasteiger partial charge in [0.05, 0.1) is 12.8 Å². The maximum absolute atomic E-state index is 12.3. The van der Waals surface area contributed by atoms with Gasteiger partial charge in [-0.1, -0.05) is 30.3 Å².